The first-order chi connectivity index (χ1) is 12.0. The van der Waals surface area contributed by atoms with Crippen LogP contribution in [-0.2, 0) is 0 Å². The molecule has 3 rings (SSSR count). The Morgan fingerprint density at radius 1 is 1.04 bits per heavy atom. The summed E-state index contributed by atoms with van der Waals surface area (Å²) in [6.45, 7) is 0. The molecule has 0 radical (unpaired) electrons. The van der Waals surface area contributed by atoms with E-state index in [0.29, 0.717) is 31.6 Å². The second-order valence-corrected chi connectivity index (χ2v) is 5.96. The zero-order valence-corrected chi connectivity index (χ0v) is 13.3. The van der Waals surface area contributed by atoms with E-state index in [0.717, 1.165) is 12.1 Å². The zero-order chi connectivity index (χ0) is 17.8. The first-order valence-corrected chi connectivity index (χ1v) is 8.06. The van der Waals surface area contributed by atoms with Crippen molar-refractivity contribution in [1.82, 2.24) is 10.3 Å². The van der Waals surface area contributed by atoms with Gasteiger partial charge in [-0.2, -0.15) is 0 Å². The van der Waals surface area contributed by atoms with E-state index in [9.17, 15) is 18.0 Å². The predicted octanol–water partition coefficient (Wildman–Crippen LogP) is 3.62. The fraction of sp³-hybridized carbons (Fsp3) is 0.333. The first kappa shape index (κ1) is 17.3. The molecule has 1 saturated carbocycles. The Morgan fingerprint density at radius 2 is 1.80 bits per heavy atom. The van der Waals surface area contributed by atoms with Gasteiger partial charge >= 0.3 is 0 Å². The number of hydrogen-bond acceptors (Lipinski definition) is 3. The summed E-state index contributed by atoms with van der Waals surface area (Å²) in [6, 6.07) is 6.94. The number of halogens is 3. The SMILES string of the molecule is O=C(NC1CCC(Oc2ccccn2)CC1)c1ccc(F)c(F)c1F. The predicted molar refractivity (Wildman–Crippen MR) is 84.7 cm³/mol. The second kappa shape index (κ2) is 7.55. The number of carbonyl (C=O) groups is 1. The van der Waals surface area contributed by atoms with Gasteiger partial charge in [0, 0.05) is 18.3 Å². The van der Waals surface area contributed by atoms with Crippen LogP contribution >= 0.6 is 0 Å². The molecule has 1 amide bonds. The molecule has 0 spiro atoms. The fourth-order valence-corrected chi connectivity index (χ4v) is 2.88. The first-order valence-electron chi connectivity index (χ1n) is 8.06. The van der Waals surface area contributed by atoms with E-state index in [1.807, 2.05) is 6.07 Å². The third kappa shape index (κ3) is 4.10. The minimum Gasteiger partial charge on any atom is -0.474 e. The van der Waals surface area contributed by atoms with Crippen LogP contribution in [0.5, 0.6) is 5.88 Å². The minimum atomic E-state index is -1.64. The van der Waals surface area contributed by atoms with Gasteiger partial charge in [0.2, 0.25) is 5.88 Å². The van der Waals surface area contributed by atoms with Crippen molar-refractivity contribution in [2.24, 2.45) is 0 Å². The number of nitrogens with zero attached hydrogens (tertiary/aromatic N) is 1. The molecule has 0 unspecified atom stereocenters. The van der Waals surface area contributed by atoms with Crippen LogP contribution in [0.3, 0.4) is 0 Å². The van der Waals surface area contributed by atoms with Crippen molar-refractivity contribution in [2.75, 3.05) is 0 Å². The molecule has 0 atom stereocenters. The summed E-state index contributed by atoms with van der Waals surface area (Å²) >= 11 is 0. The number of pyridine rings is 1. The van der Waals surface area contributed by atoms with Gasteiger partial charge in [-0.1, -0.05) is 6.07 Å². The molecule has 1 aliphatic rings. The zero-order valence-electron chi connectivity index (χ0n) is 13.3. The lowest BCUT2D eigenvalue weighted by molar-refractivity contribution is 0.0885. The third-order valence-electron chi connectivity index (χ3n) is 4.21. The van der Waals surface area contributed by atoms with Gasteiger partial charge in [-0.15, -0.1) is 0 Å². The Morgan fingerprint density at radius 3 is 2.48 bits per heavy atom. The van der Waals surface area contributed by atoms with E-state index >= 15 is 0 Å². The highest BCUT2D eigenvalue weighted by molar-refractivity contribution is 5.94. The topological polar surface area (TPSA) is 51.2 Å². The minimum absolute atomic E-state index is 0.00283. The lowest BCUT2D eigenvalue weighted by atomic mass is 9.92. The Labute approximate surface area is 143 Å². The Kier molecular flexibility index (Phi) is 5.21. The van der Waals surface area contributed by atoms with E-state index in [1.54, 1.807) is 18.3 Å². The standard InChI is InChI=1S/C18H17F3N2O2/c19-14-9-8-13(16(20)17(14)21)18(24)23-11-4-6-12(7-5-11)25-15-3-1-2-10-22-15/h1-3,8-12H,4-7H2,(H,23,24). The average molecular weight is 350 g/mol. The number of aromatic nitrogens is 1. The summed E-state index contributed by atoms with van der Waals surface area (Å²) in [5.41, 5.74) is -0.495. The van der Waals surface area contributed by atoms with Gasteiger partial charge in [0.1, 0.15) is 6.10 Å². The normalized spacial score (nSPS) is 20.1. The van der Waals surface area contributed by atoms with Crippen molar-refractivity contribution in [3.8, 4) is 5.88 Å². The summed E-state index contributed by atoms with van der Waals surface area (Å²) in [5.74, 6) is -4.62. The summed E-state index contributed by atoms with van der Waals surface area (Å²) in [6.07, 6.45) is 4.37. The maximum absolute atomic E-state index is 13.7. The lowest BCUT2D eigenvalue weighted by Gasteiger charge is -2.29. The van der Waals surface area contributed by atoms with Crippen LogP contribution in [0.4, 0.5) is 13.2 Å². The van der Waals surface area contributed by atoms with Crippen molar-refractivity contribution < 1.29 is 22.7 Å². The Bertz CT molecular complexity index is 747. The lowest BCUT2D eigenvalue weighted by Crippen LogP contribution is -2.40. The number of ether oxygens (including phenoxy) is 1. The molecule has 7 heteroatoms. The molecule has 0 aliphatic heterocycles. The van der Waals surface area contributed by atoms with Crippen molar-refractivity contribution in [3.63, 3.8) is 0 Å². The van der Waals surface area contributed by atoms with Crippen LogP contribution in [-0.4, -0.2) is 23.0 Å². The van der Waals surface area contributed by atoms with Crippen LogP contribution in [0.25, 0.3) is 0 Å². The number of rotatable bonds is 4. The molecule has 1 fully saturated rings. The largest absolute Gasteiger partial charge is 0.474 e. The molecule has 1 aromatic heterocycles. The van der Waals surface area contributed by atoms with Crippen LogP contribution < -0.4 is 10.1 Å². The summed E-state index contributed by atoms with van der Waals surface area (Å²) in [5, 5.41) is 2.67. The highest BCUT2D eigenvalue weighted by Crippen LogP contribution is 2.23. The molecule has 0 bridgehead atoms. The van der Waals surface area contributed by atoms with Crippen molar-refractivity contribution >= 4 is 5.91 Å². The van der Waals surface area contributed by atoms with E-state index in [4.69, 9.17) is 4.74 Å². The Hall–Kier alpha value is -2.57. The van der Waals surface area contributed by atoms with Gasteiger partial charge in [-0.3, -0.25) is 4.79 Å². The summed E-state index contributed by atoms with van der Waals surface area (Å²) in [4.78, 5) is 16.2. The average Bonchev–Trinajstić information content (AvgIpc) is 2.62. The molecule has 132 valence electrons. The third-order valence-corrected chi connectivity index (χ3v) is 4.21. The van der Waals surface area contributed by atoms with Gasteiger partial charge < -0.3 is 10.1 Å². The van der Waals surface area contributed by atoms with E-state index < -0.39 is 28.9 Å². The monoisotopic (exact) mass is 350 g/mol. The Balaban J connectivity index is 1.54. The molecule has 4 nitrogen and oxygen atoms in total. The van der Waals surface area contributed by atoms with Gasteiger partial charge in [-0.05, 0) is 43.9 Å². The maximum Gasteiger partial charge on any atom is 0.254 e. The highest BCUT2D eigenvalue weighted by Gasteiger charge is 2.26. The van der Waals surface area contributed by atoms with Crippen molar-refractivity contribution in [1.29, 1.82) is 0 Å². The second-order valence-electron chi connectivity index (χ2n) is 5.96. The van der Waals surface area contributed by atoms with Crippen LogP contribution in [0.1, 0.15) is 36.0 Å². The van der Waals surface area contributed by atoms with Crippen LogP contribution in [0, 0.1) is 17.5 Å². The van der Waals surface area contributed by atoms with Crippen LogP contribution in [0.15, 0.2) is 36.5 Å². The quantitative estimate of drug-likeness (QED) is 0.857. The molecule has 25 heavy (non-hydrogen) atoms. The molecular formula is C18H17F3N2O2. The van der Waals surface area contributed by atoms with Gasteiger partial charge in [0.05, 0.1) is 5.56 Å². The van der Waals surface area contributed by atoms with E-state index in [2.05, 4.69) is 10.3 Å². The highest BCUT2D eigenvalue weighted by atomic mass is 19.2. The molecule has 1 aliphatic carbocycles. The summed E-state index contributed by atoms with van der Waals surface area (Å²) < 4.78 is 45.6. The molecular weight excluding hydrogens is 333 g/mol. The summed E-state index contributed by atoms with van der Waals surface area (Å²) in [7, 11) is 0. The molecule has 1 heterocycles. The number of amides is 1. The van der Waals surface area contributed by atoms with Gasteiger partial charge in [-0.25, -0.2) is 18.2 Å². The number of hydrogen-bond donors (Lipinski definition) is 1. The van der Waals surface area contributed by atoms with Crippen LogP contribution in [0.2, 0.25) is 0 Å². The number of benzene rings is 1. The molecule has 1 aromatic carbocycles. The molecule has 1 N–H and O–H groups in total. The van der Waals surface area contributed by atoms with Gasteiger partial charge in [0.15, 0.2) is 17.5 Å². The van der Waals surface area contributed by atoms with Crippen molar-refractivity contribution in [3.05, 3.63) is 59.5 Å². The van der Waals surface area contributed by atoms with Gasteiger partial charge in [0.25, 0.3) is 5.91 Å². The van der Waals surface area contributed by atoms with Crippen molar-refractivity contribution in [2.45, 2.75) is 37.8 Å². The van der Waals surface area contributed by atoms with E-state index in [1.165, 1.54) is 0 Å². The smallest absolute Gasteiger partial charge is 0.254 e. The molecule has 2 aromatic rings. The fourth-order valence-electron chi connectivity index (χ4n) is 2.88. The number of nitrogens with one attached hydrogen (secondary N) is 1. The van der Waals surface area contributed by atoms with E-state index in [-0.39, 0.29) is 12.1 Å². The molecule has 0 saturated heterocycles. The maximum atomic E-state index is 13.7. The number of carbonyl (C=O) groups excluding carboxylic acids is 1.